The number of halogens is 1. The van der Waals surface area contributed by atoms with Crippen molar-refractivity contribution in [2.75, 3.05) is 0 Å². The number of esters is 1. The minimum Gasteiger partial charge on any atom is -0.508 e. The molecule has 2 saturated carbocycles. The second kappa shape index (κ2) is 8.17. The lowest BCUT2D eigenvalue weighted by Gasteiger charge is -2.56. The molecule has 2 fully saturated rings. The molecule has 0 radical (unpaired) electrons. The maximum Gasteiger partial charge on any atom is 0.338 e. The highest BCUT2D eigenvalue weighted by molar-refractivity contribution is 7.89. The van der Waals surface area contributed by atoms with Gasteiger partial charge >= 0.3 is 5.97 Å². The molecule has 6 nitrogen and oxygen atoms in total. The highest BCUT2D eigenvalue weighted by Crippen LogP contribution is 2.64. The number of ether oxygens (including phenoxy) is 1. The lowest BCUT2D eigenvalue weighted by atomic mass is 9.48. The predicted octanol–water partition coefficient (Wildman–Crippen LogP) is 4.41. The minimum absolute atomic E-state index is 0.0141. The molecule has 0 amide bonds. The molecule has 3 N–H and O–H groups in total. The first kappa shape index (κ1) is 24.0. The molecule has 6 atom stereocenters. The van der Waals surface area contributed by atoms with Crippen LogP contribution in [0, 0.1) is 17.3 Å². The van der Waals surface area contributed by atoms with Crippen LogP contribution in [0.5, 0.6) is 5.75 Å². The van der Waals surface area contributed by atoms with E-state index in [1.807, 2.05) is 12.1 Å². The molecule has 2 aromatic rings. The predicted molar refractivity (Wildman–Crippen MR) is 129 cm³/mol. The van der Waals surface area contributed by atoms with Gasteiger partial charge in [-0.15, -0.1) is 6.58 Å². The molecule has 5 rings (SSSR count). The molecule has 0 aromatic heterocycles. The largest absolute Gasteiger partial charge is 0.508 e. The molecule has 3 unspecified atom stereocenters. The van der Waals surface area contributed by atoms with Gasteiger partial charge in [0.1, 0.15) is 18.0 Å². The maximum atomic E-state index is 15.9. The number of benzene rings is 2. The van der Waals surface area contributed by atoms with E-state index in [1.165, 1.54) is 24.3 Å². The number of alkyl halides is 1. The molecule has 2 aromatic carbocycles. The number of hydrogen-bond donors (Lipinski definition) is 2. The number of hydrogen-bond acceptors (Lipinski definition) is 5. The summed E-state index contributed by atoms with van der Waals surface area (Å²) in [5, 5.41) is 15.1. The van der Waals surface area contributed by atoms with Gasteiger partial charge in [-0.3, -0.25) is 0 Å². The number of carbonyl (C=O) groups excluding carboxylic acids is 1. The summed E-state index contributed by atoms with van der Waals surface area (Å²) in [5.74, 6) is -0.794. The Morgan fingerprint density at radius 3 is 2.74 bits per heavy atom. The van der Waals surface area contributed by atoms with Gasteiger partial charge in [0.05, 0.1) is 10.5 Å². The normalized spacial score (nSPS) is 33.8. The van der Waals surface area contributed by atoms with Gasteiger partial charge in [0.25, 0.3) is 0 Å². The Labute approximate surface area is 205 Å². The van der Waals surface area contributed by atoms with E-state index in [1.54, 1.807) is 12.1 Å². The zero-order valence-electron chi connectivity index (χ0n) is 19.6. The average Bonchev–Trinajstić information content (AvgIpc) is 3.13. The highest BCUT2D eigenvalue weighted by Gasteiger charge is 2.61. The van der Waals surface area contributed by atoms with E-state index in [-0.39, 0.29) is 39.9 Å². The summed E-state index contributed by atoms with van der Waals surface area (Å²) in [5.41, 5.74) is 1.25. The third kappa shape index (κ3) is 3.87. The zero-order chi connectivity index (χ0) is 25.2. The van der Waals surface area contributed by atoms with Crippen molar-refractivity contribution in [2.24, 2.45) is 22.4 Å². The average molecular weight is 500 g/mol. The summed E-state index contributed by atoms with van der Waals surface area (Å²) in [4.78, 5) is 12.7. The van der Waals surface area contributed by atoms with Crippen LogP contribution in [0.2, 0.25) is 0 Å². The van der Waals surface area contributed by atoms with Crippen LogP contribution < -0.4 is 5.14 Å². The Bertz CT molecular complexity index is 1310. The van der Waals surface area contributed by atoms with E-state index in [2.05, 4.69) is 13.5 Å². The smallest absolute Gasteiger partial charge is 0.338 e. The van der Waals surface area contributed by atoms with Crippen molar-refractivity contribution in [3.8, 4) is 5.75 Å². The number of primary sulfonamides is 1. The Morgan fingerprint density at radius 1 is 1.26 bits per heavy atom. The van der Waals surface area contributed by atoms with Crippen molar-refractivity contribution in [3.05, 3.63) is 71.8 Å². The number of aromatic hydroxyl groups is 1. The number of phenols is 1. The maximum absolute atomic E-state index is 15.9. The standard InChI is InChI=1S/C27H30FNO5S/c1-3-27-10-9-26(2)15-19(34-25(31)16-5-4-6-20(12-16)35(29,32)33)14-22(26)24(27)23(28)13-17-11-18(30)7-8-21(17)27/h3-8,11-12,19,22-24,30H,1,9-10,13-15H2,2H3,(H2,29,32,33)/t19-,22?,23?,24?,26-,27-/m1/s1. The van der Waals surface area contributed by atoms with Crippen LogP contribution in [0.4, 0.5) is 4.39 Å². The molecular weight excluding hydrogens is 469 g/mol. The fraction of sp³-hybridized carbons (Fsp3) is 0.444. The van der Waals surface area contributed by atoms with E-state index in [0.717, 1.165) is 24.0 Å². The Kier molecular flexibility index (Phi) is 5.60. The van der Waals surface area contributed by atoms with Gasteiger partial charge in [0.15, 0.2) is 0 Å². The monoisotopic (exact) mass is 499 g/mol. The van der Waals surface area contributed by atoms with Crippen LogP contribution >= 0.6 is 0 Å². The first-order valence-corrected chi connectivity index (χ1v) is 13.5. The van der Waals surface area contributed by atoms with E-state index < -0.39 is 33.7 Å². The van der Waals surface area contributed by atoms with Crippen LogP contribution in [0.1, 0.15) is 54.1 Å². The topological polar surface area (TPSA) is 107 Å². The van der Waals surface area contributed by atoms with Crippen LogP contribution in [-0.4, -0.2) is 31.8 Å². The lowest BCUT2D eigenvalue weighted by Crippen LogP contribution is -2.54. The number of sulfonamides is 1. The van der Waals surface area contributed by atoms with Crippen molar-refractivity contribution in [1.29, 1.82) is 0 Å². The van der Waals surface area contributed by atoms with Crippen LogP contribution in [0.15, 0.2) is 60.0 Å². The van der Waals surface area contributed by atoms with Gasteiger partial charge in [-0.25, -0.2) is 22.7 Å². The molecule has 3 aliphatic carbocycles. The summed E-state index contributed by atoms with van der Waals surface area (Å²) in [6.45, 7) is 6.27. The fourth-order valence-corrected chi connectivity index (χ4v) is 7.65. The molecule has 35 heavy (non-hydrogen) atoms. The minimum atomic E-state index is -3.94. The Hall–Kier alpha value is -2.71. The molecular formula is C27H30FNO5S. The highest BCUT2D eigenvalue weighted by atomic mass is 32.2. The van der Waals surface area contributed by atoms with Crippen molar-refractivity contribution in [3.63, 3.8) is 0 Å². The van der Waals surface area contributed by atoms with E-state index in [4.69, 9.17) is 9.88 Å². The Morgan fingerprint density at radius 2 is 2.03 bits per heavy atom. The zero-order valence-corrected chi connectivity index (χ0v) is 20.4. The molecule has 186 valence electrons. The lowest BCUT2D eigenvalue weighted by molar-refractivity contribution is -0.0177. The second-order valence-electron chi connectivity index (χ2n) is 10.6. The van der Waals surface area contributed by atoms with Gasteiger partial charge in [-0.1, -0.05) is 25.1 Å². The first-order chi connectivity index (χ1) is 16.5. The molecule has 0 aliphatic heterocycles. The third-order valence-electron chi connectivity index (χ3n) is 8.68. The van der Waals surface area contributed by atoms with Gasteiger partial charge in [0.2, 0.25) is 10.0 Å². The molecule has 0 spiro atoms. The third-order valence-corrected chi connectivity index (χ3v) is 9.59. The fourth-order valence-electron chi connectivity index (χ4n) is 7.09. The van der Waals surface area contributed by atoms with E-state index in [0.29, 0.717) is 12.8 Å². The molecule has 0 saturated heterocycles. The summed E-state index contributed by atoms with van der Waals surface area (Å²) >= 11 is 0. The second-order valence-corrected chi connectivity index (χ2v) is 12.2. The van der Waals surface area contributed by atoms with E-state index >= 15 is 4.39 Å². The van der Waals surface area contributed by atoms with Crippen molar-refractivity contribution in [1.82, 2.24) is 0 Å². The first-order valence-electron chi connectivity index (χ1n) is 11.9. The van der Waals surface area contributed by atoms with Gasteiger partial charge in [-0.2, -0.15) is 0 Å². The van der Waals surface area contributed by atoms with E-state index in [9.17, 15) is 18.3 Å². The number of nitrogens with two attached hydrogens (primary N) is 1. The van der Waals surface area contributed by atoms with Crippen molar-refractivity contribution < 1.29 is 27.4 Å². The van der Waals surface area contributed by atoms with Crippen molar-refractivity contribution >= 4 is 16.0 Å². The number of carbonyl (C=O) groups is 1. The molecule has 3 aliphatic rings. The Balaban J connectivity index is 1.42. The van der Waals surface area contributed by atoms with Gasteiger partial charge in [0, 0.05) is 17.8 Å². The summed E-state index contributed by atoms with van der Waals surface area (Å²) < 4.78 is 45.0. The summed E-state index contributed by atoms with van der Waals surface area (Å²) in [7, 11) is -3.94. The number of allylic oxidation sites excluding steroid dienone is 1. The summed E-state index contributed by atoms with van der Waals surface area (Å²) in [6, 6.07) is 10.7. The SMILES string of the molecule is C=C[C@]12CC[C@]3(C)C[C@H](OC(=O)c4cccc(S(N)(=O)=O)c4)CC3C1C(F)Cc1cc(O)ccc12. The number of phenolic OH excluding ortho intramolecular Hbond substituents is 1. The number of rotatable bonds is 4. The van der Waals surface area contributed by atoms with Crippen molar-refractivity contribution in [2.45, 2.75) is 61.6 Å². The molecule has 0 bridgehead atoms. The molecule has 8 heteroatoms. The van der Waals surface area contributed by atoms with Crippen LogP contribution in [-0.2, 0) is 26.6 Å². The summed E-state index contributed by atoms with van der Waals surface area (Å²) in [6.07, 6.45) is 3.35. The molecule has 0 heterocycles. The van der Waals surface area contributed by atoms with Crippen LogP contribution in [0.3, 0.4) is 0 Å². The quantitative estimate of drug-likeness (QED) is 0.479. The van der Waals surface area contributed by atoms with Gasteiger partial charge < -0.3 is 9.84 Å². The number of fused-ring (bicyclic) bond motifs is 5. The van der Waals surface area contributed by atoms with Crippen LogP contribution in [0.25, 0.3) is 0 Å². The van der Waals surface area contributed by atoms with Gasteiger partial charge in [-0.05, 0) is 78.5 Å².